The molecule has 5 aromatic rings. The second-order valence-electron chi connectivity index (χ2n) is 7.28. The molecule has 0 saturated carbocycles. The zero-order chi connectivity index (χ0) is 22.1. The lowest BCUT2D eigenvalue weighted by Gasteiger charge is -2.08. The lowest BCUT2D eigenvalue weighted by Crippen LogP contribution is -2.04. The number of anilines is 2. The van der Waals surface area contributed by atoms with Gasteiger partial charge in [0.2, 0.25) is 5.95 Å². The van der Waals surface area contributed by atoms with Crippen LogP contribution in [0.5, 0.6) is 0 Å². The summed E-state index contributed by atoms with van der Waals surface area (Å²) in [7, 11) is 0. The number of nitrogens with zero attached hydrogens (tertiary/aromatic N) is 2. The van der Waals surface area contributed by atoms with Crippen molar-refractivity contribution in [1.29, 1.82) is 0 Å². The van der Waals surface area contributed by atoms with Gasteiger partial charge >= 0.3 is 6.18 Å². The summed E-state index contributed by atoms with van der Waals surface area (Å²) in [5.41, 5.74) is 2.90. The van der Waals surface area contributed by atoms with E-state index < -0.39 is 11.7 Å². The molecule has 5 rings (SSSR count). The number of imidazole rings is 1. The first-order valence-electron chi connectivity index (χ1n) is 9.92. The first-order chi connectivity index (χ1) is 15.5. The summed E-state index contributed by atoms with van der Waals surface area (Å²) in [6, 6.07) is 22.3. The smallest absolute Gasteiger partial charge is 0.325 e. The third-order valence-electron chi connectivity index (χ3n) is 5.19. The third kappa shape index (κ3) is 3.80. The number of pyridine rings is 1. The Labute approximate surface area is 181 Å². The van der Waals surface area contributed by atoms with Crippen molar-refractivity contribution < 1.29 is 13.2 Å². The van der Waals surface area contributed by atoms with Gasteiger partial charge in [-0.25, -0.2) is 4.98 Å². The third-order valence-corrected chi connectivity index (χ3v) is 5.19. The van der Waals surface area contributed by atoms with E-state index in [9.17, 15) is 13.2 Å². The van der Waals surface area contributed by atoms with E-state index in [4.69, 9.17) is 4.98 Å². The molecule has 158 valence electrons. The van der Waals surface area contributed by atoms with Gasteiger partial charge in [-0.3, -0.25) is 4.98 Å². The average Bonchev–Trinajstić information content (AvgIpc) is 3.23. The number of nitrogens with one attached hydrogen (secondary N) is 2. The van der Waals surface area contributed by atoms with Gasteiger partial charge in [-0.1, -0.05) is 54.6 Å². The monoisotopic (exact) mass is 430 g/mol. The Kier molecular flexibility index (Phi) is 4.86. The standard InChI is InChI=1S/C25H17F3N4/c26-25(27,28)19-11-9-17(10-12-19)23-22(16-5-2-1-3-6-16)31-24(32-23)30-21-8-4-7-18-15-29-14-13-20(18)21/h1-15H,(H2,30,31,32). The van der Waals surface area contributed by atoms with E-state index in [1.54, 1.807) is 12.4 Å². The van der Waals surface area contributed by atoms with Crippen molar-refractivity contribution in [2.45, 2.75) is 6.18 Å². The van der Waals surface area contributed by atoms with E-state index >= 15 is 0 Å². The Hall–Kier alpha value is -4.13. The molecule has 0 amide bonds. The van der Waals surface area contributed by atoms with Crippen LogP contribution in [0, 0.1) is 0 Å². The van der Waals surface area contributed by atoms with Crippen molar-refractivity contribution in [2.24, 2.45) is 0 Å². The number of rotatable bonds is 4. The summed E-state index contributed by atoms with van der Waals surface area (Å²) < 4.78 is 39.0. The van der Waals surface area contributed by atoms with Gasteiger partial charge in [0, 0.05) is 40.0 Å². The topological polar surface area (TPSA) is 53.6 Å². The average molecular weight is 430 g/mol. The van der Waals surface area contributed by atoms with E-state index in [0.717, 1.165) is 34.2 Å². The minimum Gasteiger partial charge on any atom is -0.325 e. The molecular formula is C25H17F3N4. The second kappa shape index (κ2) is 7.85. The summed E-state index contributed by atoms with van der Waals surface area (Å²) in [5, 5.41) is 5.27. The van der Waals surface area contributed by atoms with Crippen LogP contribution < -0.4 is 5.32 Å². The van der Waals surface area contributed by atoms with Gasteiger partial charge in [0.1, 0.15) is 0 Å². The minimum absolute atomic E-state index is 0.489. The summed E-state index contributed by atoms with van der Waals surface area (Å²) in [4.78, 5) is 12.1. The number of hydrogen-bond acceptors (Lipinski definition) is 3. The molecule has 3 aromatic carbocycles. The molecule has 0 spiro atoms. The Morgan fingerprint density at radius 1 is 0.781 bits per heavy atom. The van der Waals surface area contributed by atoms with Gasteiger partial charge in [0.15, 0.2) is 0 Å². The molecule has 32 heavy (non-hydrogen) atoms. The van der Waals surface area contributed by atoms with Crippen molar-refractivity contribution in [3.63, 3.8) is 0 Å². The zero-order valence-electron chi connectivity index (χ0n) is 16.7. The maximum Gasteiger partial charge on any atom is 0.416 e. The van der Waals surface area contributed by atoms with Crippen molar-refractivity contribution in [3.8, 4) is 22.5 Å². The Morgan fingerprint density at radius 3 is 2.31 bits per heavy atom. The highest BCUT2D eigenvalue weighted by Crippen LogP contribution is 2.35. The normalized spacial score (nSPS) is 11.6. The van der Waals surface area contributed by atoms with Gasteiger partial charge in [-0.2, -0.15) is 13.2 Å². The first kappa shape index (κ1) is 19.8. The highest BCUT2D eigenvalue weighted by Gasteiger charge is 2.30. The van der Waals surface area contributed by atoms with Crippen LogP contribution in [-0.2, 0) is 6.18 Å². The van der Waals surface area contributed by atoms with Gasteiger partial charge in [0.25, 0.3) is 0 Å². The fraction of sp³-hybridized carbons (Fsp3) is 0.0400. The van der Waals surface area contributed by atoms with Crippen molar-refractivity contribution in [3.05, 3.63) is 96.8 Å². The number of aromatic amines is 1. The summed E-state index contributed by atoms with van der Waals surface area (Å²) in [6.07, 6.45) is -0.880. The lowest BCUT2D eigenvalue weighted by atomic mass is 10.0. The summed E-state index contributed by atoms with van der Waals surface area (Å²) in [6.45, 7) is 0. The predicted octanol–water partition coefficient (Wildman–Crippen LogP) is 7.05. The van der Waals surface area contributed by atoms with Crippen LogP contribution in [0.2, 0.25) is 0 Å². The largest absolute Gasteiger partial charge is 0.416 e. The molecule has 0 aliphatic rings. The van der Waals surface area contributed by atoms with E-state index in [1.807, 2.05) is 54.6 Å². The number of aromatic nitrogens is 3. The van der Waals surface area contributed by atoms with E-state index in [1.165, 1.54) is 12.1 Å². The molecule has 2 aromatic heterocycles. The van der Waals surface area contributed by atoms with Gasteiger partial charge in [0.05, 0.1) is 17.0 Å². The van der Waals surface area contributed by atoms with Crippen LogP contribution in [0.3, 0.4) is 0 Å². The maximum atomic E-state index is 13.0. The molecule has 0 fully saturated rings. The van der Waals surface area contributed by atoms with E-state index in [0.29, 0.717) is 22.9 Å². The zero-order valence-corrected chi connectivity index (χ0v) is 16.7. The van der Waals surface area contributed by atoms with Crippen molar-refractivity contribution in [1.82, 2.24) is 15.0 Å². The molecule has 0 aliphatic heterocycles. The molecule has 0 aliphatic carbocycles. The van der Waals surface area contributed by atoms with E-state index in [-0.39, 0.29) is 0 Å². The SMILES string of the molecule is FC(F)(F)c1ccc(-c2[nH]c(Nc3cccc4cnccc34)nc2-c2ccccc2)cc1. The first-order valence-corrected chi connectivity index (χ1v) is 9.92. The molecular weight excluding hydrogens is 413 g/mol. The van der Waals surface area contributed by atoms with Gasteiger partial charge in [-0.05, 0) is 24.3 Å². The van der Waals surface area contributed by atoms with Crippen LogP contribution >= 0.6 is 0 Å². The highest BCUT2D eigenvalue weighted by molar-refractivity contribution is 5.94. The van der Waals surface area contributed by atoms with Gasteiger partial charge in [-0.15, -0.1) is 0 Å². The highest BCUT2D eigenvalue weighted by atomic mass is 19.4. The van der Waals surface area contributed by atoms with Crippen LogP contribution in [-0.4, -0.2) is 15.0 Å². The summed E-state index contributed by atoms with van der Waals surface area (Å²) in [5.74, 6) is 0.489. The predicted molar refractivity (Wildman–Crippen MR) is 119 cm³/mol. The molecule has 0 radical (unpaired) electrons. The minimum atomic E-state index is -4.38. The van der Waals surface area contributed by atoms with Crippen molar-refractivity contribution in [2.75, 3.05) is 5.32 Å². The fourth-order valence-corrected chi connectivity index (χ4v) is 3.63. The molecule has 4 nitrogen and oxygen atoms in total. The molecule has 0 saturated heterocycles. The molecule has 7 heteroatoms. The number of benzene rings is 3. The Morgan fingerprint density at radius 2 is 1.56 bits per heavy atom. The quantitative estimate of drug-likeness (QED) is 0.321. The number of fused-ring (bicyclic) bond motifs is 1. The van der Waals surface area contributed by atoms with E-state index in [2.05, 4.69) is 15.3 Å². The molecule has 2 N–H and O–H groups in total. The lowest BCUT2D eigenvalue weighted by molar-refractivity contribution is -0.137. The van der Waals surface area contributed by atoms with Crippen molar-refractivity contribution >= 4 is 22.4 Å². The number of alkyl halides is 3. The molecule has 0 bridgehead atoms. The van der Waals surface area contributed by atoms with Crippen LogP contribution in [0.4, 0.5) is 24.8 Å². The number of hydrogen-bond donors (Lipinski definition) is 2. The van der Waals surface area contributed by atoms with Gasteiger partial charge < -0.3 is 10.3 Å². The van der Waals surface area contributed by atoms with Crippen LogP contribution in [0.25, 0.3) is 33.3 Å². The number of H-pyrrole nitrogens is 1. The number of halogens is 3. The van der Waals surface area contributed by atoms with Crippen LogP contribution in [0.15, 0.2) is 91.3 Å². The molecule has 2 heterocycles. The summed E-state index contributed by atoms with van der Waals surface area (Å²) >= 11 is 0. The second-order valence-corrected chi connectivity index (χ2v) is 7.28. The Bertz CT molecular complexity index is 1370. The van der Waals surface area contributed by atoms with Crippen LogP contribution in [0.1, 0.15) is 5.56 Å². The maximum absolute atomic E-state index is 13.0. The fourth-order valence-electron chi connectivity index (χ4n) is 3.63. The molecule has 0 unspecified atom stereocenters. The Balaban J connectivity index is 1.59. The molecule has 0 atom stereocenters.